The summed E-state index contributed by atoms with van der Waals surface area (Å²) in [4.78, 5) is 24.1. The second-order valence-corrected chi connectivity index (χ2v) is 7.75. The van der Waals surface area contributed by atoms with E-state index < -0.39 is 27.5 Å². The molecule has 3 rings (SSSR count). The van der Waals surface area contributed by atoms with E-state index in [1.807, 2.05) is 0 Å². The molecule has 1 unspecified atom stereocenters. The molecule has 0 bridgehead atoms. The minimum absolute atomic E-state index is 0.0423. The minimum atomic E-state index is -3.88. The normalized spacial score (nSPS) is 16.2. The van der Waals surface area contributed by atoms with Gasteiger partial charge < -0.3 is 14.8 Å². The molecular formula is C18H17NO6S. The third-order valence-electron chi connectivity index (χ3n) is 3.96. The highest BCUT2D eigenvalue weighted by Crippen LogP contribution is 2.31. The zero-order chi connectivity index (χ0) is 18.9. The van der Waals surface area contributed by atoms with Gasteiger partial charge in [-0.3, -0.25) is 9.59 Å². The van der Waals surface area contributed by atoms with Gasteiger partial charge in [0.15, 0.2) is 21.7 Å². The van der Waals surface area contributed by atoms with Crippen molar-refractivity contribution in [2.45, 2.75) is 17.9 Å². The zero-order valence-corrected chi connectivity index (χ0v) is 15.0. The molecule has 7 nitrogen and oxygen atoms in total. The molecule has 2 aromatic rings. The highest BCUT2D eigenvalue weighted by atomic mass is 32.2. The van der Waals surface area contributed by atoms with Gasteiger partial charge in [-0.1, -0.05) is 12.1 Å². The Labute approximate surface area is 150 Å². The molecule has 1 amide bonds. The van der Waals surface area contributed by atoms with E-state index in [-0.39, 0.29) is 22.1 Å². The van der Waals surface area contributed by atoms with E-state index >= 15 is 0 Å². The van der Waals surface area contributed by atoms with Crippen LogP contribution in [0.1, 0.15) is 17.3 Å². The smallest absolute Gasteiger partial charge is 0.265 e. The van der Waals surface area contributed by atoms with Crippen LogP contribution in [0.15, 0.2) is 47.4 Å². The number of para-hydroxylation sites is 1. The number of methoxy groups -OCH3 is 1. The number of rotatable bonds is 5. The summed E-state index contributed by atoms with van der Waals surface area (Å²) in [6.07, 6.45) is -0.630. The number of benzene rings is 2. The molecule has 1 aliphatic heterocycles. The summed E-state index contributed by atoms with van der Waals surface area (Å²) in [6.45, 7) is 1.61. The highest BCUT2D eigenvalue weighted by molar-refractivity contribution is 7.92. The second-order valence-electron chi connectivity index (χ2n) is 5.79. The summed E-state index contributed by atoms with van der Waals surface area (Å²) >= 11 is 0. The van der Waals surface area contributed by atoms with E-state index in [0.29, 0.717) is 11.4 Å². The van der Waals surface area contributed by atoms with Crippen LogP contribution in [0.5, 0.6) is 11.5 Å². The van der Waals surface area contributed by atoms with Gasteiger partial charge in [0.2, 0.25) is 0 Å². The van der Waals surface area contributed by atoms with Crippen molar-refractivity contribution in [1.82, 2.24) is 0 Å². The number of fused-ring (bicyclic) bond motifs is 1. The van der Waals surface area contributed by atoms with Crippen LogP contribution in [-0.2, 0) is 14.6 Å². The number of hydrogen-bond acceptors (Lipinski definition) is 6. The lowest BCUT2D eigenvalue weighted by atomic mass is 10.1. The Morgan fingerprint density at radius 2 is 1.96 bits per heavy atom. The third-order valence-corrected chi connectivity index (χ3v) is 5.61. The van der Waals surface area contributed by atoms with Crippen molar-refractivity contribution in [3.8, 4) is 11.5 Å². The molecule has 0 spiro atoms. The third kappa shape index (κ3) is 3.41. The topological polar surface area (TPSA) is 98.8 Å². The van der Waals surface area contributed by atoms with Crippen LogP contribution < -0.4 is 14.8 Å². The predicted octanol–water partition coefficient (Wildman–Crippen LogP) is 2.07. The number of ether oxygens (including phenoxy) is 2. The maximum Gasteiger partial charge on any atom is 0.265 e. The Morgan fingerprint density at radius 1 is 1.23 bits per heavy atom. The van der Waals surface area contributed by atoms with Crippen molar-refractivity contribution < 1.29 is 27.5 Å². The van der Waals surface area contributed by atoms with Crippen LogP contribution >= 0.6 is 0 Å². The molecule has 2 aromatic carbocycles. The molecule has 0 aliphatic carbocycles. The van der Waals surface area contributed by atoms with Crippen molar-refractivity contribution in [1.29, 1.82) is 0 Å². The Hall–Kier alpha value is -2.87. The molecule has 1 aliphatic rings. The van der Waals surface area contributed by atoms with Gasteiger partial charge in [0, 0.05) is 5.56 Å². The van der Waals surface area contributed by atoms with Crippen molar-refractivity contribution in [3.63, 3.8) is 0 Å². The van der Waals surface area contributed by atoms with E-state index in [0.717, 1.165) is 0 Å². The molecule has 1 N–H and O–H groups in total. The molecule has 0 fully saturated rings. The molecule has 136 valence electrons. The molecule has 26 heavy (non-hydrogen) atoms. The van der Waals surface area contributed by atoms with Gasteiger partial charge in [-0.2, -0.15) is 0 Å². The molecular weight excluding hydrogens is 358 g/mol. The van der Waals surface area contributed by atoms with Crippen molar-refractivity contribution in [2.75, 3.05) is 18.2 Å². The monoisotopic (exact) mass is 375 g/mol. The maximum atomic E-state index is 12.6. The Balaban J connectivity index is 1.86. The van der Waals surface area contributed by atoms with Crippen LogP contribution in [0.3, 0.4) is 0 Å². The first-order valence-corrected chi connectivity index (χ1v) is 9.47. The number of amides is 1. The second kappa shape index (κ2) is 6.80. The van der Waals surface area contributed by atoms with Crippen molar-refractivity contribution >= 4 is 27.2 Å². The number of ketones is 1. The van der Waals surface area contributed by atoms with Crippen LogP contribution in [-0.4, -0.2) is 39.1 Å². The predicted molar refractivity (Wildman–Crippen MR) is 94.5 cm³/mol. The van der Waals surface area contributed by atoms with Crippen molar-refractivity contribution in [3.05, 3.63) is 48.0 Å². The highest BCUT2D eigenvalue weighted by Gasteiger charge is 2.27. The molecule has 1 heterocycles. The summed E-state index contributed by atoms with van der Waals surface area (Å²) in [5.41, 5.74) is 0.509. The van der Waals surface area contributed by atoms with Crippen LogP contribution in [0.4, 0.5) is 5.69 Å². The molecule has 1 atom stereocenters. The summed E-state index contributed by atoms with van der Waals surface area (Å²) in [5.74, 6) is -1.02. The lowest BCUT2D eigenvalue weighted by Gasteiger charge is -2.23. The van der Waals surface area contributed by atoms with E-state index in [2.05, 4.69) is 5.32 Å². The standard InChI is InChI=1S/C18H17NO6S/c1-11-18(21)19-13-9-12(7-8-15(13)25-11)14(20)10-26(22,23)17-6-4-3-5-16(17)24-2/h3-9,11H,10H2,1-2H3,(H,19,21). The summed E-state index contributed by atoms with van der Waals surface area (Å²) in [7, 11) is -2.52. The average molecular weight is 375 g/mol. The van der Waals surface area contributed by atoms with Crippen molar-refractivity contribution in [2.24, 2.45) is 0 Å². The molecule has 8 heteroatoms. The number of carbonyl (C=O) groups excluding carboxylic acids is 2. The summed E-state index contributed by atoms with van der Waals surface area (Å²) in [6, 6.07) is 10.5. The maximum absolute atomic E-state index is 12.6. The first-order chi connectivity index (χ1) is 12.3. The summed E-state index contributed by atoms with van der Waals surface area (Å²) < 4.78 is 35.7. The van der Waals surface area contributed by atoms with Gasteiger partial charge in [-0.15, -0.1) is 0 Å². The van der Waals surface area contributed by atoms with Gasteiger partial charge >= 0.3 is 0 Å². The lowest BCUT2D eigenvalue weighted by Crippen LogP contribution is -2.34. The number of Topliss-reactive ketones (excluding diaryl/α,β-unsaturated/α-hetero) is 1. The number of carbonyl (C=O) groups is 2. The minimum Gasteiger partial charge on any atom is -0.495 e. The van der Waals surface area contributed by atoms with Gasteiger partial charge in [0.05, 0.1) is 12.8 Å². The molecule has 0 saturated carbocycles. The Morgan fingerprint density at radius 3 is 2.69 bits per heavy atom. The zero-order valence-electron chi connectivity index (χ0n) is 14.2. The SMILES string of the molecule is COc1ccccc1S(=O)(=O)CC(=O)c1ccc2c(c1)NC(=O)C(C)O2. The molecule has 0 aromatic heterocycles. The number of sulfone groups is 1. The fourth-order valence-corrected chi connectivity index (χ4v) is 4.00. The fraction of sp³-hybridized carbons (Fsp3) is 0.222. The Bertz CT molecular complexity index is 983. The van der Waals surface area contributed by atoms with Crippen LogP contribution in [0, 0.1) is 0 Å². The van der Waals surface area contributed by atoms with E-state index in [9.17, 15) is 18.0 Å². The van der Waals surface area contributed by atoms with Gasteiger partial charge in [-0.25, -0.2) is 8.42 Å². The first kappa shape index (κ1) is 17.9. The van der Waals surface area contributed by atoms with E-state index in [1.165, 1.54) is 37.4 Å². The number of anilines is 1. The lowest BCUT2D eigenvalue weighted by molar-refractivity contribution is -0.122. The van der Waals surface area contributed by atoms with E-state index in [1.54, 1.807) is 19.1 Å². The quantitative estimate of drug-likeness (QED) is 0.804. The van der Waals surface area contributed by atoms with E-state index in [4.69, 9.17) is 9.47 Å². The number of nitrogens with one attached hydrogen (secondary N) is 1. The van der Waals surface area contributed by atoms with Crippen LogP contribution in [0.25, 0.3) is 0 Å². The van der Waals surface area contributed by atoms with Gasteiger partial charge in [-0.05, 0) is 37.3 Å². The average Bonchev–Trinajstić information content (AvgIpc) is 2.62. The summed E-state index contributed by atoms with van der Waals surface area (Å²) in [5, 5.41) is 2.63. The first-order valence-electron chi connectivity index (χ1n) is 7.82. The Kier molecular flexibility index (Phi) is 4.69. The fourth-order valence-electron chi connectivity index (χ4n) is 2.59. The van der Waals surface area contributed by atoms with Crippen LogP contribution in [0.2, 0.25) is 0 Å². The largest absolute Gasteiger partial charge is 0.495 e. The number of hydrogen-bond donors (Lipinski definition) is 1. The van der Waals surface area contributed by atoms with Gasteiger partial charge in [0.25, 0.3) is 5.91 Å². The molecule has 0 saturated heterocycles. The molecule has 0 radical (unpaired) electrons. The van der Waals surface area contributed by atoms with Gasteiger partial charge in [0.1, 0.15) is 22.1 Å².